The number of para-hydroxylation sites is 1. The maximum atomic E-state index is 5.73. The Balaban J connectivity index is 2.74. The van der Waals surface area contributed by atoms with E-state index in [0.29, 0.717) is 0 Å². The standard InChI is InChI=1S/C12H18OSi/c1-4-14-9-11-7-5-6-8-12(11)13-10(2)3/h4-8,10H,1,9,14H2,2-3H3. The van der Waals surface area contributed by atoms with Crippen molar-refractivity contribution in [3.05, 3.63) is 42.1 Å². The summed E-state index contributed by atoms with van der Waals surface area (Å²) in [6.07, 6.45) is 0.251. The first-order valence-corrected chi connectivity index (χ1v) is 6.91. The maximum absolute atomic E-state index is 5.73. The fourth-order valence-electron chi connectivity index (χ4n) is 1.34. The lowest BCUT2D eigenvalue weighted by Crippen LogP contribution is -2.08. The van der Waals surface area contributed by atoms with Crippen LogP contribution in [0.1, 0.15) is 19.4 Å². The molecular weight excluding hydrogens is 188 g/mol. The van der Waals surface area contributed by atoms with E-state index in [2.05, 4.69) is 38.3 Å². The van der Waals surface area contributed by atoms with E-state index in [1.54, 1.807) is 0 Å². The van der Waals surface area contributed by atoms with Crippen LogP contribution >= 0.6 is 0 Å². The third-order valence-electron chi connectivity index (χ3n) is 1.95. The minimum atomic E-state index is -0.148. The smallest absolute Gasteiger partial charge is 0.122 e. The molecule has 0 atom stereocenters. The van der Waals surface area contributed by atoms with Crippen molar-refractivity contribution >= 4 is 9.52 Å². The van der Waals surface area contributed by atoms with Crippen LogP contribution in [0.25, 0.3) is 0 Å². The molecule has 0 spiro atoms. The predicted molar refractivity (Wildman–Crippen MR) is 64.7 cm³/mol. The number of ether oxygens (including phenoxy) is 1. The van der Waals surface area contributed by atoms with Gasteiger partial charge >= 0.3 is 0 Å². The Kier molecular flexibility index (Phi) is 4.46. The van der Waals surface area contributed by atoms with Crippen LogP contribution < -0.4 is 4.74 Å². The van der Waals surface area contributed by atoms with Gasteiger partial charge in [0.15, 0.2) is 0 Å². The first kappa shape index (κ1) is 11.1. The molecule has 0 saturated heterocycles. The average Bonchev–Trinajstić information content (AvgIpc) is 2.16. The van der Waals surface area contributed by atoms with Gasteiger partial charge in [0.1, 0.15) is 5.75 Å². The van der Waals surface area contributed by atoms with Crippen LogP contribution in [-0.4, -0.2) is 15.6 Å². The fraction of sp³-hybridized carbons (Fsp3) is 0.333. The topological polar surface area (TPSA) is 9.23 Å². The molecule has 0 N–H and O–H groups in total. The first-order chi connectivity index (χ1) is 6.74. The van der Waals surface area contributed by atoms with Crippen LogP contribution in [0.5, 0.6) is 5.75 Å². The molecule has 1 aromatic carbocycles. The molecule has 0 aliphatic rings. The van der Waals surface area contributed by atoms with Crippen molar-refractivity contribution in [2.24, 2.45) is 0 Å². The molecule has 2 heteroatoms. The molecule has 0 aliphatic carbocycles. The molecule has 0 aliphatic heterocycles. The lowest BCUT2D eigenvalue weighted by atomic mass is 10.2. The monoisotopic (exact) mass is 206 g/mol. The molecule has 1 aromatic rings. The molecule has 1 rings (SSSR count). The highest BCUT2D eigenvalue weighted by atomic mass is 28.2. The second kappa shape index (κ2) is 5.65. The largest absolute Gasteiger partial charge is 0.491 e. The molecule has 76 valence electrons. The Bertz CT molecular complexity index is 294. The lowest BCUT2D eigenvalue weighted by Gasteiger charge is -2.13. The van der Waals surface area contributed by atoms with Crippen LogP contribution in [0.15, 0.2) is 36.5 Å². The minimum absolute atomic E-state index is 0.148. The van der Waals surface area contributed by atoms with Crippen molar-refractivity contribution in [3.8, 4) is 5.75 Å². The molecule has 0 heterocycles. The molecule has 1 nitrogen and oxygen atoms in total. The summed E-state index contributed by atoms with van der Waals surface area (Å²) in [4.78, 5) is 0. The van der Waals surface area contributed by atoms with E-state index in [9.17, 15) is 0 Å². The molecule has 0 fully saturated rings. The van der Waals surface area contributed by atoms with Gasteiger partial charge in [-0.3, -0.25) is 0 Å². The van der Waals surface area contributed by atoms with E-state index in [0.717, 1.165) is 11.8 Å². The van der Waals surface area contributed by atoms with E-state index in [-0.39, 0.29) is 15.6 Å². The third-order valence-corrected chi connectivity index (χ3v) is 3.19. The number of hydrogen-bond donors (Lipinski definition) is 0. The highest BCUT2D eigenvalue weighted by molar-refractivity contribution is 6.41. The van der Waals surface area contributed by atoms with Gasteiger partial charge < -0.3 is 4.74 Å². The maximum Gasteiger partial charge on any atom is 0.122 e. The van der Waals surface area contributed by atoms with Crippen molar-refractivity contribution in [1.82, 2.24) is 0 Å². The third kappa shape index (κ3) is 3.38. The van der Waals surface area contributed by atoms with Gasteiger partial charge in [-0.15, -0.1) is 12.3 Å². The molecular formula is C12H18OSi. The van der Waals surface area contributed by atoms with Gasteiger partial charge in [0.2, 0.25) is 0 Å². The predicted octanol–water partition coefficient (Wildman–Crippen LogP) is 2.29. The van der Waals surface area contributed by atoms with Gasteiger partial charge in [-0.1, -0.05) is 18.2 Å². The van der Waals surface area contributed by atoms with Crippen LogP contribution in [0.3, 0.4) is 0 Å². The van der Waals surface area contributed by atoms with Gasteiger partial charge in [0.25, 0.3) is 0 Å². The lowest BCUT2D eigenvalue weighted by molar-refractivity contribution is 0.240. The molecule has 0 unspecified atom stereocenters. The molecule has 0 radical (unpaired) electrons. The number of rotatable bonds is 5. The Hall–Kier alpha value is -1.02. The summed E-state index contributed by atoms with van der Waals surface area (Å²) < 4.78 is 5.73. The highest BCUT2D eigenvalue weighted by Gasteiger charge is 2.03. The van der Waals surface area contributed by atoms with Crippen LogP contribution in [0.4, 0.5) is 0 Å². The summed E-state index contributed by atoms with van der Waals surface area (Å²) in [6, 6.07) is 9.43. The summed E-state index contributed by atoms with van der Waals surface area (Å²) in [5.74, 6) is 1.04. The van der Waals surface area contributed by atoms with Crippen LogP contribution in [-0.2, 0) is 6.04 Å². The second-order valence-corrected chi connectivity index (χ2v) is 5.26. The van der Waals surface area contributed by atoms with Crippen molar-refractivity contribution in [3.63, 3.8) is 0 Å². The molecule has 0 saturated carbocycles. The Morgan fingerprint density at radius 1 is 1.43 bits per heavy atom. The zero-order chi connectivity index (χ0) is 10.4. The van der Waals surface area contributed by atoms with Gasteiger partial charge in [-0.2, -0.15) is 0 Å². The average molecular weight is 206 g/mol. The fourth-order valence-corrected chi connectivity index (χ4v) is 2.27. The minimum Gasteiger partial charge on any atom is -0.491 e. The normalized spacial score (nSPS) is 11.1. The van der Waals surface area contributed by atoms with E-state index in [1.807, 2.05) is 12.1 Å². The quantitative estimate of drug-likeness (QED) is 0.672. The number of benzene rings is 1. The summed E-state index contributed by atoms with van der Waals surface area (Å²) in [5.41, 5.74) is 3.40. The summed E-state index contributed by atoms with van der Waals surface area (Å²) >= 11 is 0. The van der Waals surface area contributed by atoms with E-state index >= 15 is 0 Å². The molecule has 14 heavy (non-hydrogen) atoms. The zero-order valence-corrected chi connectivity index (χ0v) is 10.4. The second-order valence-electron chi connectivity index (χ2n) is 3.60. The van der Waals surface area contributed by atoms with E-state index in [4.69, 9.17) is 4.74 Å². The van der Waals surface area contributed by atoms with Crippen LogP contribution in [0.2, 0.25) is 0 Å². The summed E-state index contributed by atoms with van der Waals surface area (Å²) in [5, 5.41) is 0. The van der Waals surface area contributed by atoms with Crippen molar-refractivity contribution in [1.29, 1.82) is 0 Å². The van der Waals surface area contributed by atoms with E-state index < -0.39 is 0 Å². The SMILES string of the molecule is C=C[SiH2]Cc1ccccc1OC(C)C. The molecule has 0 amide bonds. The van der Waals surface area contributed by atoms with Crippen molar-refractivity contribution in [2.45, 2.75) is 26.0 Å². The molecule has 0 bridgehead atoms. The summed E-state index contributed by atoms with van der Waals surface area (Å²) in [7, 11) is -0.148. The van der Waals surface area contributed by atoms with E-state index in [1.165, 1.54) is 5.56 Å². The Morgan fingerprint density at radius 3 is 2.79 bits per heavy atom. The summed E-state index contributed by atoms with van der Waals surface area (Å²) in [6.45, 7) is 7.90. The van der Waals surface area contributed by atoms with Crippen molar-refractivity contribution < 1.29 is 4.74 Å². The molecule has 0 aromatic heterocycles. The zero-order valence-electron chi connectivity index (χ0n) is 8.99. The van der Waals surface area contributed by atoms with Crippen molar-refractivity contribution in [2.75, 3.05) is 0 Å². The van der Waals surface area contributed by atoms with Gasteiger partial charge in [-0.25, -0.2) is 0 Å². The highest BCUT2D eigenvalue weighted by Crippen LogP contribution is 2.19. The van der Waals surface area contributed by atoms with Gasteiger partial charge in [0.05, 0.1) is 6.10 Å². The van der Waals surface area contributed by atoms with Gasteiger partial charge in [0, 0.05) is 9.52 Å². The Labute approximate surface area is 88.6 Å². The van der Waals surface area contributed by atoms with Gasteiger partial charge in [-0.05, 0) is 31.5 Å². The Morgan fingerprint density at radius 2 is 2.14 bits per heavy atom. The number of hydrogen-bond acceptors (Lipinski definition) is 1. The van der Waals surface area contributed by atoms with Crippen LogP contribution in [0, 0.1) is 0 Å². The first-order valence-electron chi connectivity index (χ1n) is 5.09.